The van der Waals surface area contributed by atoms with E-state index in [1.165, 1.54) is 0 Å². The number of pyridine rings is 2. The molecule has 1 spiro atoms. The molecule has 0 aromatic carbocycles. The van der Waals surface area contributed by atoms with Crippen LogP contribution in [0.5, 0.6) is 0 Å². The van der Waals surface area contributed by atoms with Crippen LogP contribution >= 0.6 is 0 Å². The van der Waals surface area contributed by atoms with E-state index < -0.39 is 18.0 Å². The third kappa shape index (κ3) is 0.761. The first-order valence-electron chi connectivity index (χ1n) is 5.80. The van der Waals surface area contributed by atoms with Gasteiger partial charge < -0.3 is 0 Å². The molecule has 0 amide bonds. The molecule has 2 aromatic heterocycles. The van der Waals surface area contributed by atoms with Crippen LogP contribution in [0.4, 0.5) is 0 Å². The highest BCUT2D eigenvalue weighted by molar-refractivity contribution is 5.90. The quantitative estimate of drug-likeness (QED) is 0.478. The van der Waals surface area contributed by atoms with Gasteiger partial charge in [0.1, 0.15) is 0 Å². The number of rotatable bonds is 0. The number of hydrogen-bond donors (Lipinski definition) is 0. The van der Waals surface area contributed by atoms with Crippen LogP contribution in [0.2, 0.25) is 0 Å². The van der Waals surface area contributed by atoms with E-state index in [1.807, 2.05) is 12.1 Å². The fraction of sp³-hybridized carbons (Fsp3) is 0.0769. The van der Waals surface area contributed by atoms with Gasteiger partial charge in [-0.3, -0.25) is 9.47 Å². The maximum Gasteiger partial charge on any atom is 0.722 e. The third-order valence-electron chi connectivity index (χ3n) is 3.68. The van der Waals surface area contributed by atoms with E-state index in [0.717, 1.165) is 11.4 Å². The lowest BCUT2D eigenvalue weighted by atomic mass is 10.2. The average Bonchev–Trinajstić information content (AvgIpc) is 2.97. The van der Waals surface area contributed by atoms with E-state index in [9.17, 15) is 9.59 Å². The molecule has 0 radical (unpaired) electrons. The molecule has 5 heterocycles. The smallest absolute Gasteiger partial charge is 0.296 e. The number of ether oxygens (including phenoxy) is 2. The van der Waals surface area contributed by atoms with E-state index in [-0.39, 0.29) is 0 Å². The Labute approximate surface area is 106 Å². The zero-order valence-corrected chi connectivity index (χ0v) is 9.49. The molecular formula is C13H6N2O4+2. The van der Waals surface area contributed by atoms with Gasteiger partial charge in [0.25, 0.3) is 11.4 Å². The highest BCUT2D eigenvalue weighted by Gasteiger charge is 2.79. The fourth-order valence-corrected chi connectivity index (χ4v) is 3.00. The monoisotopic (exact) mass is 254 g/mol. The molecule has 90 valence electrons. The lowest BCUT2D eigenvalue weighted by Gasteiger charge is -2.02. The summed E-state index contributed by atoms with van der Waals surface area (Å²) in [6.07, 6.45) is 0. The van der Waals surface area contributed by atoms with Crippen LogP contribution in [0.25, 0.3) is 11.4 Å². The van der Waals surface area contributed by atoms with Gasteiger partial charge in [-0.1, -0.05) is 0 Å². The van der Waals surface area contributed by atoms with E-state index in [1.54, 1.807) is 33.4 Å². The first-order valence-corrected chi connectivity index (χ1v) is 5.80. The van der Waals surface area contributed by atoms with Crippen LogP contribution in [0.3, 0.4) is 0 Å². The lowest BCUT2D eigenvalue weighted by molar-refractivity contribution is -1.03. The predicted octanol–water partition coefficient (Wildman–Crippen LogP) is -0.301. The Morgan fingerprint density at radius 1 is 0.737 bits per heavy atom. The maximum atomic E-state index is 11.9. The van der Waals surface area contributed by atoms with Crippen LogP contribution in [0.15, 0.2) is 36.4 Å². The molecule has 0 bridgehead atoms. The van der Waals surface area contributed by atoms with Gasteiger partial charge in [0.05, 0.1) is 0 Å². The van der Waals surface area contributed by atoms with Gasteiger partial charge in [-0.2, -0.15) is 0 Å². The van der Waals surface area contributed by atoms with Crippen molar-refractivity contribution in [2.45, 2.75) is 6.03 Å². The Kier molecular flexibility index (Phi) is 1.21. The van der Waals surface area contributed by atoms with Gasteiger partial charge >= 0.3 is 29.4 Å². The number of aromatic nitrogens is 2. The molecule has 0 unspecified atom stereocenters. The van der Waals surface area contributed by atoms with E-state index in [4.69, 9.17) is 9.47 Å². The van der Waals surface area contributed by atoms with Crippen molar-refractivity contribution in [2.24, 2.45) is 0 Å². The van der Waals surface area contributed by atoms with Gasteiger partial charge in [0.15, 0.2) is 0 Å². The number of hydrogen-bond acceptors (Lipinski definition) is 4. The highest BCUT2D eigenvalue weighted by atomic mass is 16.8. The molecule has 0 N–H and O–H groups in total. The molecule has 3 aliphatic heterocycles. The van der Waals surface area contributed by atoms with Crippen LogP contribution < -0.4 is 9.13 Å². The van der Waals surface area contributed by atoms with Crippen molar-refractivity contribution in [3.8, 4) is 11.4 Å². The summed E-state index contributed by atoms with van der Waals surface area (Å²) in [5.74, 6) is -0.992. The second-order valence-corrected chi connectivity index (χ2v) is 4.59. The molecule has 0 aliphatic carbocycles. The first-order chi connectivity index (χ1) is 9.22. The summed E-state index contributed by atoms with van der Waals surface area (Å²) >= 11 is 0. The standard InChI is InChI=1S/C13H6N2O4/c16-11-9-5-1-3-7-8-4-2-6-10-12(17)19-13(18-11,14(7)9)15(8)10/h1-6H/q+2. The summed E-state index contributed by atoms with van der Waals surface area (Å²) in [6.45, 7) is 0. The zero-order chi connectivity index (χ0) is 12.8. The summed E-state index contributed by atoms with van der Waals surface area (Å²) < 4.78 is 14.0. The number of nitrogens with zero attached hydrogens (tertiary/aromatic N) is 2. The Bertz CT molecular complexity index is 758. The van der Waals surface area contributed by atoms with Gasteiger partial charge in [0, 0.05) is 24.3 Å². The minimum absolute atomic E-state index is 0.377. The van der Waals surface area contributed by atoms with Crippen LogP contribution in [0.1, 0.15) is 21.0 Å². The van der Waals surface area contributed by atoms with Crippen molar-refractivity contribution in [1.82, 2.24) is 0 Å². The minimum Gasteiger partial charge on any atom is -0.296 e. The minimum atomic E-state index is -1.49. The third-order valence-corrected chi connectivity index (χ3v) is 3.68. The van der Waals surface area contributed by atoms with E-state index in [0.29, 0.717) is 11.4 Å². The number of esters is 2. The molecule has 0 fully saturated rings. The molecule has 0 saturated carbocycles. The average molecular weight is 254 g/mol. The normalized spacial score (nSPS) is 18.9. The summed E-state index contributed by atoms with van der Waals surface area (Å²) in [6, 6.07) is 9.10. The van der Waals surface area contributed by atoms with Crippen LogP contribution in [0, 0.1) is 0 Å². The maximum absolute atomic E-state index is 11.9. The van der Waals surface area contributed by atoms with Crippen LogP contribution in [-0.2, 0) is 15.5 Å². The Balaban J connectivity index is 2.04. The van der Waals surface area contributed by atoms with Gasteiger partial charge in [-0.15, -0.1) is 0 Å². The Morgan fingerprint density at radius 3 is 1.63 bits per heavy atom. The second-order valence-electron chi connectivity index (χ2n) is 4.59. The van der Waals surface area contributed by atoms with Crippen LogP contribution in [-0.4, -0.2) is 11.9 Å². The number of fused-ring (bicyclic) bond motifs is 1. The Morgan fingerprint density at radius 2 is 1.16 bits per heavy atom. The Hall–Kier alpha value is -2.76. The van der Waals surface area contributed by atoms with Gasteiger partial charge in [-0.25, -0.2) is 9.59 Å². The topological polar surface area (TPSA) is 60.4 Å². The molecule has 0 saturated heterocycles. The summed E-state index contributed by atoms with van der Waals surface area (Å²) in [5.41, 5.74) is 2.33. The SMILES string of the molecule is O=C1OC23OC(=O)c4cccc([n+]42)-c2cccc1[n+]23. The van der Waals surface area contributed by atoms with Crippen molar-refractivity contribution >= 4 is 11.9 Å². The molecule has 19 heavy (non-hydrogen) atoms. The van der Waals surface area contributed by atoms with E-state index >= 15 is 0 Å². The number of carbonyl (C=O) groups is 2. The predicted molar refractivity (Wildman–Crippen MR) is 56.5 cm³/mol. The van der Waals surface area contributed by atoms with Crippen molar-refractivity contribution in [3.63, 3.8) is 0 Å². The summed E-state index contributed by atoms with van der Waals surface area (Å²) in [4.78, 5) is 23.8. The molecule has 3 aliphatic rings. The van der Waals surface area contributed by atoms with Gasteiger partial charge in [0.2, 0.25) is 0 Å². The summed E-state index contributed by atoms with van der Waals surface area (Å²) in [7, 11) is 0. The highest BCUT2D eigenvalue weighted by Crippen LogP contribution is 2.35. The fourth-order valence-electron chi connectivity index (χ4n) is 3.00. The van der Waals surface area contributed by atoms with Crippen molar-refractivity contribution in [1.29, 1.82) is 0 Å². The van der Waals surface area contributed by atoms with Crippen molar-refractivity contribution < 1.29 is 28.2 Å². The van der Waals surface area contributed by atoms with E-state index in [2.05, 4.69) is 0 Å². The largest absolute Gasteiger partial charge is 0.722 e. The van der Waals surface area contributed by atoms with Gasteiger partial charge in [-0.05, 0) is 21.3 Å². The molecule has 6 heteroatoms. The molecular weight excluding hydrogens is 248 g/mol. The second kappa shape index (κ2) is 2.49. The summed E-state index contributed by atoms with van der Waals surface area (Å²) in [5, 5.41) is 0. The molecule has 0 atom stereocenters. The van der Waals surface area contributed by atoms with Crippen molar-refractivity contribution in [2.75, 3.05) is 0 Å². The zero-order valence-electron chi connectivity index (χ0n) is 9.49. The first kappa shape index (κ1) is 9.21. The lowest BCUT2D eigenvalue weighted by Crippen LogP contribution is -2.67. The molecule has 6 nitrogen and oxygen atoms in total. The number of carbonyl (C=O) groups excluding carboxylic acids is 2. The molecule has 5 rings (SSSR count). The molecule has 2 aromatic rings. The van der Waals surface area contributed by atoms with Crippen molar-refractivity contribution in [3.05, 3.63) is 47.8 Å².